The second kappa shape index (κ2) is 8.07. The molecule has 2 aromatic carbocycles. The first-order valence-corrected chi connectivity index (χ1v) is 9.97. The summed E-state index contributed by atoms with van der Waals surface area (Å²) in [6.07, 6.45) is 0. The number of carbonyl (C=O) groups is 1. The molecule has 0 aliphatic carbocycles. The molecule has 0 N–H and O–H groups in total. The molecule has 5 rings (SSSR count). The molecule has 8 heteroatoms. The smallest absolute Gasteiger partial charge is 0.339 e. The van der Waals surface area contributed by atoms with E-state index in [1.165, 1.54) is 0 Å². The van der Waals surface area contributed by atoms with Crippen molar-refractivity contribution in [1.82, 2.24) is 20.3 Å². The molecule has 0 atom stereocenters. The number of pyridine rings is 1. The van der Waals surface area contributed by atoms with Crippen LogP contribution in [-0.4, -0.2) is 26.3 Å². The van der Waals surface area contributed by atoms with E-state index in [0.29, 0.717) is 28.2 Å². The SMILES string of the molecule is Cc1ccc(-c2cc(C(=O)OCc3nc(-c4ccccc4)no3)c3c(C)noc3n2)cc1. The fraction of sp³-hybridized carbons (Fsp3) is 0.125. The molecule has 0 saturated carbocycles. The Morgan fingerprint density at radius 3 is 2.47 bits per heavy atom. The molecule has 0 spiro atoms. The van der Waals surface area contributed by atoms with Gasteiger partial charge in [0.25, 0.3) is 11.6 Å². The minimum atomic E-state index is -0.559. The summed E-state index contributed by atoms with van der Waals surface area (Å²) in [6, 6.07) is 18.9. The number of rotatable bonds is 5. The number of carbonyl (C=O) groups excluding carboxylic acids is 1. The van der Waals surface area contributed by atoms with Gasteiger partial charge in [-0.05, 0) is 19.9 Å². The lowest BCUT2D eigenvalue weighted by Crippen LogP contribution is -2.07. The number of hydrogen-bond acceptors (Lipinski definition) is 8. The van der Waals surface area contributed by atoms with E-state index in [0.717, 1.165) is 16.7 Å². The molecule has 0 unspecified atom stereocenters. The summed E-state index contributed by atoms with van der Waals surface area (Å²) < 4.78 is 16.0. The van der Waals surface area contributed by atoms with Gasteiger partial charge in [-0.3, -0.25) is 0 Å². The zero-order valence-corrected chi connectivity index (χ0v) is 17.4. The van der Waals surface area contributed by atoms with Crippen LogP contribution in [0.3, 0.4) is 0 Å². The van der Waals surface area contributed by atoms with Gasteiger partial charge in [0, 0.05) is 11.1 Å². The third-order valence-electron chi connectivity index (χ3n) is 5.01. The Morgan fingerprint density at radius 1 is 0.906 bits per heavy atom. The molecule has 0 saturated heterocycles. The van der Waals surface area contributed by atoms with Crippen molar-refractivity contribution in [2.75, 3.05) is 0 Å². The second-order valence-electron chi connectivity index (χ2n) is 7.32. The predicted molar refractivity (Wildman–Crippen MR) is 116 cm³/mol. The van der Waals surface area contributed by atoms with E-state index in [1.54, 1.807) is 13.0 Å². The first-order chi connectivity index (χ1) is 15.6. The lowest BCUT2D eigenvalue weighted by molar-refractivity contribution is 0.0432. The van der Waals surface area contributed by atoms with Crippen LogP contribution in [-0.2, 0) is 11.3 Å². The van der Waals surface area contributed by atoms with Crippen molar-refractivity contribution < 1.29 is 18.6 Å². The van der Waals surface area contributed by atoms with Gasteiger partial charge >= 0.3 is 5.97 Å². The fourth-order valence-electron chi connectivity index (χ4n) is 3.35. The van der Waals surface area contributed by atoms with Crippen LogP contribution in [0.1, 0.15) is 27.5 Å². The monoisotopic (exact) mass is 426 g/mol. The average molecular weight is 426 g/mol. The van der Waals surface area contributed by atoms with Gasteiger partial charge in [0.2, 0.25) is 5.82 Å². The predicted octanol–water partition coefficient (Wildman–Crippen LogP) is 4.91. The highest BCUT2D eigenvalue weighted by molar-refractivity contribution is 6.04. The Bertz CT molecular complexity index is 1410. The van der Waals surface area contributed by atoms with Gasteiger partial charge in [-0.25, -0.2) is 9.78 Å². The third kappa shape index (κ3) is 3.74. The fourth-order valence-corrected chi connectivity index (χ4v) is 3.35. The quantitative estimate of drug-likeness (QED) is 0.365. The second-order valence-corrected chi connectivity index (χ2v) is 7.32. The van der Waals surface area contributed by atoms with Gasteiger partial charge in [-0.2, -0.15) is 4.98 Å². The number of aryl methyl sites for hydroxylation is 2. The van der Waals surface area contributed by atoms with E-state index in [-0.39, 0.29) is 18.2 Å². The van der Waals surface area contributed by atoms with E-state index in [2.05, 4.69) is 20.3 Å². The number of hydrogen-bond donors (Lipinski definition) is 0. The highest BCUT2D eigenvalue weighted by Crippen LogP contribution is 2.28. The van der Waals surface area contributed by atoms with Gasteiger partial charge in [-0.15, -0.1) is 0 Å². The molecule has 0 radical (unpaired) electrons. The molecule has 8 nitrogen and oxygen atoms in total. The molecule has 0 bridgehead atoms. The van der Waals surface area contributed by atoms with Gasteiger partial charge in [0.05, 0.1) is 22.3 Å². The molecule has 5 aromatic rings. The molecule has 0 aliphatic rings. The zero-order valence-electron chi connectivity index (χ0n) is 17.4. The molecule has 0 aliphatic heterocycles. The van der Waals surface area contributed by atoms with E-state index < -0.39 is 5.97 Å². The summed E-state index contributed by atoms with van der Waals surface area (Å²) in [7, 11) is 0. The van der Waals surface area contributed by atoms with Crippen LogP contribution in [0, 0.1) is 13.8 Å². The van der Waals surface area contributed by atoms with Gasteiger partial charge < -0.3 is 13.8 Å². The molecule has 32 heavy (non-hydrogen) atoms. The summed E-state index contributed by atoms with van der Waals surface area (Å²) in [5.41, 5.74) is 4.52. The van der Waals surface area contributed by atoms with Crippen LogP contribution in [0.15, 0.2) is 69.7 Å². The normalized spacial score (nSPS) is 11.1. The number of fused-ring (bicyclic) bond motifs is 1. The highest BCUT2D eigenvalue weighted by atomic mass is 16.6. The number of esters is 1. The Hall–Kier alpha value is -4.33. The minimum Gasteiger partial charge on any atom is -0.452 e. The van der Waals surface area contributed by atoms with Crippen molar-refractivity contribution in [3.63, 3.8) is 0 Å². The third-order valence-corrected chi connectivity index (χ3v) is 5.01. The molecule has 0 amide bonds. The van der Waals surface area contributed by atoms with E-state index in [9.17, 15) is 4.79 Å². The molecule has 3 aromatic heterocycles. The molecular weight excluding hydrogens is 408 g/mol. The maximum atomic E-state index is 13.0. The molecular formula is C24H18N4O4. The van der Waals surface area contributed by atoms with Crippen LogP contribution in [0.2, 0.25) is 0 Å². The Morgan fingerprint density at radius 2 is 1.69 bits per heavy atom. The van der Waals surface area contributed by atoms with Gasteiger partial charge in [0.1, 0.15) is 0 Å². The Balaban J connectivity index is 1.42. The maximum absolute atomic E-state index is 13.0. The average Bonchev–Trinajstić information content (AvgIpc) is 3.45. The number of nitrogens with zero attached hydrogens (tertiary/aromatic N) is 4. The molecule has 3 heterocycles. The van der Waals surface area contributed by atoms with Gasteiger partial charge in [0.15, 0.2) is 6.61 Å². The Kier molecular flexibility index (Phi) is 4.95. The number of aromatic nitrogens is 4. The number of benzene rings is 2. The van der Waals surface area contributed by atoms with Crippen molar-refractivity contribution in [2.24, 2.45) is 0 Å². The van der Waals surface area contributed by atoms with Crippen molar-refractivity contribution in [3.8, 4) is 22.6 Å². The van der Waals surface area contributed by atoms with Crippen molar-refractivity contribution >= 4 is 17.1 Å². The summed E-state index contributed by atoms with van der Waals surface area (Å²) in [4.78, 5) is 21.8. The maximum Gasteiger partial charge on any atom is 0.339 e. The highest BCUT2D eigenvalue weighted by Gasteiger charge is 2.21. The summed E-state index contributed by atoms with van der Waals surface area (Å²) >= 11 is 0. The summed E-state index contributed by atoms with van der Waals surface area (Å²) in [5.74, 6) is 0.0688. The first kappa shape index (κ1) is 19.6. The van der Waals surface area contributed by atoms with Crippen LogP contribution < -0.4 is 0 Å². The molecule has 0 fully saturated rings. The minimum absolute atomic E-state index is 0.160. The van der Waals surface area contributed by atoms with Crippen molar-refractivity contribution in [1.29, 1.82) is 0 Å². The van der Waals surface area contributed by atoms with Crippen LogP contribution in [0.5, 0.6) is 0 Å². The largest absolute Gasteiger partial charge is 0.452 e. The van der Waals surface area contributed by atoms with Crippen molar-refractivity contribution in [3.05, 3.63) is 83.4 Å². The number of ether oxygens (including phenoxy) is 1. The standard InChI is InChI=1S/C24H18N4O4/c1-14-8-10-16(11-9-14)19-12-18(21-15(2)27-32-23(21)25-19)24(29)30-13-20-26-22(28-31-20)17-6-4-3-5-7-17/h3-12H,13H2,1-2H3. The van der Waals surface area contributed by atoms with Crippen LogP contribution >= 0.6 is 0 Å². The summed E-state index contributed by atoms with van der Waals surface area (Å²) in [6.45, 7) is 3.59. The van der Waals surface area contributed by atoms with E-state index in [4.69, 9.17) is 13.8 Å². The van der Waals surface area contributed by atoms with E-state index >= 15 is 0 Å². The lowest BCUT2D eigenvalue weighted by atomic mass is 10.0. The molecule has 158 valence electrons. The topological polar surface area (TPSA) is 104 Å². The summed E-state index contributed by atoms with van der Waals surface area (Å²) in [5, 5.41) is 8.41. The first-order valence-electron chi connectivity index (χ1n) is 9.97. The van der Waals surface area contributed by atoms with Gasteiger partial charge in [-0.1, -0.05) is 70.5 Å². The van der Waals surface area contributed by atoms with Crippen LogP contribution in [0.25, 0.3) is 33.7 Å². The zero-order chi connectivity index (χ0) is 22.1. The van der Waals surface area contributed by atoms with Crippen LogP contribution in [0.4, 0.5) is 0 Å². The van der Waals surface area contributed by atoms with Crippen molar-refractivity contribution in [2.45, 2.75) is 20.5 Å². The lowest BCUT2D eigenvalue weighted by Gasteiger charge is -2.07. The Labute approximate surface area is 182 Å². The van der Waals surface area contributed by atoms with E-state index in [1.807, 2.05) is 61.5 Å².